The van der Waals surface area contributed by atoms with Gasteiger partial charge in [-0.15, -0.1) is 0 Å². The molecule has 1 fully saturated rings. The molecule has 3 heterocycles. The Morgan fingerprint density at radius 2 is 1.82 bits per heavy atom. The van der Waals surface area contributed by atoms with E-state index in [0.717, 1.165) is 5.56 Å². The van der Waals surface area contributed by atoms with Crippen molar-refractivity contribution in [3.63, 3.8) is 0 Å². The zero-order valence-corrected chi connectivity index (χ0v) is 20.6. The van der Waals surface area contributed by atoms with Gasteiger partial charge in [0.2, 0.25) is 5.43 Å². The number of hydrogen-bond acceptors (Lipinski definition) is 5. The maximum Gasteiger partial charge on any atom is 0.410 e. The van der Waals surface area contributed by atoms with E-state index >= 15 is 0 Å². The molecule has 9 heteroatoms. The Kier molecular flexibility index (Phi) is 6.26. The van der Waals surface area contributed by atoms with Crippen LogP contribution in [-0.2, 0) is 17.9 Å². The predicted octanol–water partition coefficient (Wildman–Crippen LogP) is 3.70. The molecule has 0 unspecified atom stereocenters. The molecule has 0 bridgehead atoms. The number of aromatic nitrogens is 1. The minimum Gasteiger partial charge on any atom is -0.483 e. The predicted molar refractivity (Wildman–Crippen MR) is 126 cm³/mol. The van der Waals surface area contributed by atoms with E-state index in [1.807, 2.05) is 51.1 Å². The van der Waals surface area contributed by atoms with Crippen molar-refractivity contribution >= 4 is 27.9 Å². The lowest BCUT2D eigenvalue weighted by Gasteiger charge is -2.45. The zero-order valence-electron chi connectivity index (χ0n) is 19.0. The fraction of sp³-hybridized carbons (Fsp3) is 0.458. The van der Waals surface area contributed by atoms with E-state index in [2.05, 4.69) is 21.2 Å². The van der Waals surface area contributed by atoms with Gasteiger partial charge in [-0.25, -0.2) is 4.79 Å². The third-order valence-corrected chi connectivity index (χ3v) is 6.42. The van der Waals surface area contributed by atoms with Crippen molar-refractivity contribution in [2.45, 2.75) is 57.9 Å². The Morgan fingerprint density at radius 3 is 2.45 bits per heavy atom. The maximum atomic E-state index is 13.2. The van der Waals surface area contributed by atoms with Gasteiger partial charge in [0.15, 0.2) is 11.4 Å². The highest BCUT2D eigenvalue weighted by Crippen LogP contribution is 2.32. The first-order chi connectivity index (χ1) is 15.6. The summed E-state index contributed by atoms with van der Waals surface area (Å²) in [5.41, 5.74) is -0.299. The summed E-state index contributed by atoms with van der Waals surface area (Å²) in [6.07, 6.45) is 2.47. The van der Waals surface area contributed by atoms with Crippen LogP contribution in [-0.4, -0.2) is 45.7 Å². The van der Waals surface area contributed by atoms with Crippen LogP contribution in [0.25, 0.3) is 0 Å². The molecule has 176 valence electrons. The number of amides is 2. The van der Waals surface area contributed by atoms with Gasteiger partial charge in [0.1, 0.15) is 12.2 Å². The van der Waals surface area contributed by atoms with Gasteiger partial charge >= 0.3 is 6.09 Å². The van der Waals surface area contributed by atoms with Crippen LogP contribution < -0.4 is 15.5 Å². The van der Waals surface area contributed by atoms with Crippen molar-refractivity contribution in [1.82, 2.24) is 14.8 Å². The Labute approximate surface area is 201 Å². The molecule has 0 atom stereocenters. The lowest BCUT2D eigenvalue weighted by molar-refractivity contribution is 0.0127. The minimum atomic E-state index is -0.557. The van der Waals surface area contributed by atoms with E-state index in [0.29, 0.717) is 36.9 Å². The molecule has 33 heavy (non-hydrogen) atoms. The van der Waals surface area contributed by atoms with Crippen molar-refractivity contribution in [3.05, 3.63) is 62.5 Å². The lowest BCUT2D eigenvalue weighted by Crippen LogP contribution is -2.61. The summed E-state index contributed by atoms with van der Waals surface area (Å²) < 4.78 is 13.4. The van der Waals surface area contributed by atoms with Gasteiger partial charge in [0.25, 0.3) is 5.91 Å². The van der Waals surface area contributed by atoms with E-state index < -0.39 is 11.1 Å². The molecular weight excluding hydrogens is 490 g/mol. The average molecular weight is 518 g/mol. The number of likely N-dealkylation sites (tertiary alicyclic amines) is 1. The summed E-state index contributed by atoms with van der Waals surface area (Å²) in [7, 11) is 0. The minimum absolute atomic E-state index is 0.0340. The van der Waals surface area contributed by atoms with Crippen LogP contribution in [0.4, 0.5) is 4.79 Å². The second kappa shape index (κ2) is 8.85. The Balaban J connectivity index is 1.54. The van der Waals surface area contributed by atoms with Crippen LogP contribution >= 0.6 is 15.9 Å². The summed E-state index contributed by atoms with van der Waals surface area (Å²) in [5.74, 6) is -0.314. The highest BCUT2D eigenvalue weighted by Gasteiger charge is 2.43. The van der Waals surface area contributed by atoms with Crippen LogP contribution in [0, 0.1) is 0 Å². The van der Waals surface area contributed by atoms with Crippen LogP contribution in [0.3, 0.4) is 0 Å². The molecule has 2 aliphatic heterocycles. The summed E-state index contributed by atoms with van der Waals surface area (Å²) in [6.45, 7) is 7.13. The van der Waals surface area contributed by atoms with Crippen molar-refractivity contribution in [2.24, 2.45) is 0 Å². The maximum absolute atomic E-state index is 13.2. The van der Waals surface area contributed by atoms with E-state index in [1.165, 1.54) is 0 Å². The second-order valence-electron chi connectivity index (χ2n) is 9.59. The normalized spacial score (nSPS) is 17.3. The number of ether oxygens (including phenoxy) is 2. The number of carbonyl (C=O) groups is 2. The monoisotopic (exact) mass is 517 g/mol. The number of nitrogens with zero attached hydrogens (tertiary/aromatic N) is 2. The van der Waals surface area contributed by atoms with Crippen molar-refractivity contribution < 1.29 is 19.1 Å². The molecule has 1 aromatic heterocycles. The number of halogens is 1. The van der Waals surface area contributed by atoms with Crippen LogP contribution in [0.2, 0.25) is 0 Å². The molecule has 2 aromatic rings. The van der Waals surface area contributed by atoms with E-state index in [4.69, 9.17) is 9.47 Å². The number of piperidine rings is 1. The third-order valence-electron chi connectivity index (χ3n) is 5.86. The molecule has 0 radical (unpaired) electrons. The summed E-state index contributed by atoms with van der Waals surface area (Å²) in [6, 6.07) is 9.48. The van der Waals surface area contributed by atoms with Gasteiger partial charge in [-0.3, -0.25) is 9.59 Å². The van der Waals surface area contributed by atoms with Crippen LogP contribution in [0.5, 0.6) is 5.75 Å². The van der Waals surface area contributed by atoms with Gasteiger partial charge in [-0.1, -0.05) is 30.3 Å². The first-order valence-electron chi connectivity index (χ1n) is 11.0. The van der Waals surface area contributed by atoms with E-state index in [-0.39, 0.29) is 35.5 Å². The molecule has 1 spiro atoms. The fourth-order valence-corrected chi connectivity index (χ4v) is 4.65. The standard InChI is InChI=1S/C24H28BrN3O5/c1-23(2,3)33-22(31)27-11-9-24(10-12-27)15-28-13-17(25)19(29)20(18(28)21(30)26-24)32-14-16-7-5-4-6-8-16/h4-8,13H,9-12,14-15H2,1-3H3,(H,26,30). The molecule has 2 amide bonds. The Hall–Kier alpha value is -2.81. The van der Waals surface area contributed by atoms with Crippen molar-refractivity contribution in [2.75, 3.05) is 13.1 Å². The van der Waals surface area contributed by atoms with Crippen LogP contribution in [0.1, 0.15) is 49.7 Å². The molecule has 0 saturated carbocycles. The number of hydrogen-bond donors (Lipinski definition) is 1. The van der Waals surface area contributed by atoms with Gasteiger partial charge in [-0.2, -0.15) is 0 Å². The highest BCUT2D eigenvalue weighted by atomic mass is 79.9. The smallest absolute Gasteiger partial charge is 0.410 e. The lowest BCUT2D eigenvalue weighted by atomic mass is 9.85. The zero-order chi connectivity index (χ0) is 23.8. The van der Waals surface area contributed by atoms with Gasteiger partial charge < -0.3 is 24.3 Å². The third kappa shape index (κ3) is 5.08. The number of nitrogens with one attached hydrogen (secondary N) is 1. The van der Waals surface area contributed by atoms with Gasteiger partial charge in [-0.05, 0) is 55.1 Å². The number of fused-ring (bicyclic) bond motifs is 1. The molecule has 1 aromatic carbocycles. The molecule has 4 rings (SSSR count). The number of pyridine rings is 1. The first-order valence-corrected chi connectivity index (χ1v) is 11.8. The van der Waals surface area contributed by atoms with Gasteiger partial charge in [0.05, 0.1) is 10.0 Å². The quantitative estimate of drug-likeness (QED) is 0.670. The van der Waals surface area contributed by atoms with Crippen molar-refractivity contribution in [3.8, 4) is 5.75 Å². The molecular formula is C24H28BrN3O5. The molecule has 1 saturated heterocycles. The Bertz CT molecular complexity index is 1120. The van der Waals surface area contributed by atoms with E-state index in [1.54, 1.807) is 15.7 Å². The second-order valence-corrected chi connectivity index (χ2v) is 10.4. The average Bonchev–Trinajstić information content (AvgIpc) is 2.74. The largest absolute Gasteiger partial charge is 0.483 e. The van der Waals surface area contributed by atoms with Crippen LogP contribution in [0.15, 0.2) is 45.8 Å². The molecule has 8 nitrogen and oxygen atoms in total. The fourth-order valence-electron chi connectivity index (χ4n) is 4.22. The summed E-state index contributed by atoms with van der Waals surface area (Å²) in [5, 5.41) is 3.11. The topological polar surface area (TPSA) is 89.9 Å². The number of carbonyl (C=O) groups excluding carboxylic acids is 2. The molecule has 0 aliphatic carbocycles. The van der Waals surface area contributed by atoms with Gasteiger partial charge in [0, 0.05) is 25.8 Å². The highest BCUT2D eigenvalue weighted by molar-refractivity contribution is 9.10. The number of benzene rings is 1. The SMILES string of the molecule is CC(C)(C)OC(=O)N1CCC2(CC1)Cn1cc(Br)c(=O)c(OCc3ccccc3)c1C(=O)N2. The van der Waals surface area contributed by atoms with Crippen molar-refractivity contribution in [1.29, 1.82) is 0 Å². The molecule has 2 aliphatic rings. The summed E-state index contributed by atoms with van der Waals surface area (Å²) >= 11 is 3.33. The first kappa shape index (κ1) is 23.4. The summed E-state index contributed by atoms with van der Waals surface area (Å²) in [4.78, 5) is 40.1. The Morgan fingerprint density at radius 1 is 1.15 bits per heavy atom. The molecule has 1 N–H and O–H groups in total. The number of rotatable bonds is 3. The van der Waals surface area contributed by atoms with E-state index in [9.17, 15) is 14.4 Å².